The number of aryl methyl sites for hydroxylation is 1. The van der Waals surface area contributed by atoms with Crippen molar-refractivity contribution in [1.82, 2.24) is 15.5 Å². The Bertz CT molecular complexity index is 572. The summed E-state index contributed by atoms with van der Waals surface area (Å²) >= 11 is 0. The van der Waals surface area contributed by atoms with E-state index in [-0.39, 0.29) is 31.4 Å². The van der Waals surface area contributed by atoms with Crippen LogP contribution in [0.5, 0.6) is 0 Å². The standard InChI is InChI=1S/C17H25N3O4/c1-12-4-6-15(7-5-12)10-19-16(22)11-20(13(2)17(23)24)9-8-18-14(3)21/h4-7,13H,8-11H2,1-3H3,(H,18,21)(H,19,22)(H,23,24). The average Bonchev–Trinajstić information content (AvgIpc) is 2.52. The lowest BCUT2D eigenvalue weighted by molar-refractivity contribution is -0.143. The number of nitrogens with zero attached hydrogens (tertiary/aromatic N) is 1. The molecule has 0 radical (unpaired) electrons. The number of carboxylic acid groups (broad SMARTS) is 1. The molecule has 1 aromatic carbocycles. The molecule has 1 rings (SSSR count). The number of amides is 2. The van der Waals surface area contributed by atoms with E-state index in [1.54, 1.807) is 0 Å². The zero-order valence-corrected chi connectivity index (χ0v) is 14.3. The van der Waals surface area contributed by atoms with Crippen LogP contribution in [0.3, 0.4) is 0 Å². The predicted molar refractivity (Wildman–Crippen MR) is 90.4 cm³/mol. The highest BCUT2D eigenvalue weighted by Gasteiger charge is 2.22. The Morgan fingerprint density at radius 2 is 1.79 bits per heavy atom. The summed E-state index contributed by atoms with van der Waals surface area (Å²) in [5.74, 6) is -1.46. The molecule has 1 aromatic rings. The van der Waals surface area contributed by atoms with Crippen molar-refractivity contribution < 1.29 is 19.5 Å². The van der Waals surface area contributed by atoms with Crippen molar-refractivity contribution >= 4 is 17.8 Å². The molecule has 0 bridgehead atoms. The second-order valence-corrected chi connectivity index (χ2v) is 5.73. The predicted octanol–water partition coefficient (Wildman–Crippen LogP) is 0.522. The molecule has 0 aliphatic heterocycles. The van der Waals surface area contributed by atoms with Crippen LogP contribution < -0.4 is 10.6 Å². The zero-order chi connectivity index (χ0) is 18.1. The molecule has 7 heteroatoms. The number of benzene rings is 1. The molecule has 0 fully saturated rings. The zero-order valence-electron chi connectivity index (χ0n) is 14.3. The first-order chi connectivity index (χ1) is 11.3. The normalized spacial score (nSPS) is 11.8. The number of carbonyl (C=O) groups is 3. The Morgan fingerprint density at radius 1 is 1.17 bits per heavy atom. The van der Waals surface area contributed by atoms with E-state index in [1.807, 2.05) is 31.2 Å². The molecule has 0 aliphatic rings. The lowest BCUT2D eigenvalue weighted by Crippen LogP contribution is -2.47. The summed E-state index contributed by atoms with van der Waals surface area (Å²) in [5.41, 5.74) is 2.12. The van der Waals surface area contributed by atoms with Gasteiger partial charge in [-0.25, -0.2) is 0 Å². The van der Waals surface area contributed by atoms with Gasteiger partial charge in [0, 0.05) is 26.6 Å². The van der Waals surface area contributed by atoms with Crippen LogP contribution in [-0.4, -0.2) is 53.5 Å². The van der Waals surface area contributed by atoms with Gasteiger partial charge < -0.3 is 15.7 Å². The third-order valence-electron chi connectivity index (χ3n) is 3.64. The summed E-state index contributed by atoms with van der Waals surface area (Å²) in [6.45, 7) is 5.81. The molecule has 7 nitrogen and oxygen atoms in total. The molecule has 0 spiro atoms. The summed E-state index contributed by atoms with van der Waals surface area (Å²) in [4.78, 5) is 35.7. The second-order valence-electron chi connectivity index (χ2n) is 5.73. The molecule has 0 saturated heterocycles. The lowest BCUT2D eigenvalue weighted by atomic mass is 10.1. The average molecular weight is 335 g/mol. The Morgan fingerprint density at radius 3 is 2.33 bits per heavy atom. The number of carbonyl (C=O) groups excluding carboxylic acids is 2. The van der Waals surface area contributed by atoms with E-state index in [0.717, 1.165) is 11.1 Å². The van der Waals surface area contributed by atoms with Crippen LogP contribution >= 0.6 is 0 Å². The maximum absolute atomic E-state index is 12.1. The third kappa shape index (κ3) is 7.23. The Kier molecular flexibility index (Phi) is 7.91. The Balaban J connectivity index is 2.53. The monoisotopic (exact) mass is 335 g/mol. The number of hydrogen-bond donors (Lipinski definition) is 3. The van der Waals surface area contributed by atoms with E-state index in [4.69, 9.17) is 5.11 Å². The fourth-order valence-electron chi connectivity index (χ4n) is 2.09. The van der Waals surface area contributed by atoms with Crippen molar-refractivity contribution in [3.63, 3.8) is 0 Å². The topological polar surface area (TPSA) is 98.7 Å². The number of aliphatic carboxylic acids is 1. The minimum absolute atomic E-state index is 0.0427. The van der Waals surface area contributed by atoms with E-state index in [2.05, 4.69) is 10.6 Å². The van der Waals surface area contributed by atoms with Gasteiger partial charge >= 0.3 is 5.97 Å². The molecule has 3 N–H and O–H groups in total. The molecule has 0 heterocycles. The SMILES string of the molecule is CC(=O)NCCN(CC(=O)NCc1ccc(C)cc1)C(C)C(=O)O. The van der Waals surface area contributed by atoms with E-state index >= 15 is 0 Å². The van der Waals surface area contributed by atoms with Crippen molar-refractivity contribution in [3.8, 4) is 0 Å². The molecular weight excluding hydrogens is 310 g/mol. The van der Waals surface area contributed by atoms with Gasteiger partial charge in [0.05, 0.1) is 6.54 Å². The Hall–Kier alpha value is -2.41. The summed E-state index contributed by atoms with van der Waals surface area (Å²) in [6, 6.07) is 6.99. The fourth-order valence-corrected chi connectivity index (χ4v) is 2.09. The van der Waals surface area contributed by atoms with Gasteiger partial charge in [-0.15, -0.1) is 0 Å². The molecule has 2 amide bonds. The molecule has 0 aliphatic carbocycles. The molecular formula is C17H25N3O4. The van der Waals surface area contributed by atoms with Gasteiger partial charge in [0.15, 0.2) is 0 Å². The number of carboxylic acids is 1. The number of nitrogens with one attached hydrogen (secondary N) is 2. The second kappa shape index (κ2) is 9.67. The highest BCUT2D eigenvalue weighted by Crippen LogP contribution is 2.03. The first-order valence-corrected chi connectivity index (χ1v) is 7.83. The van der Waals surface area contributed by atoms with Crippen LogP contribution in [0.4, 0.5) is 0 Å². The van der Waals surface area contributed by atoms with E-state index in [1.165, 1.54) is 18.7 Å². The summed E-state index contributed by atoms with van der Waals surface area (Å²) in [5, 5.41) is 14.5. The smallest absolute Gasteiger partial charge is 0.320 e. The van der Waals surface area contributed by atoms with Crippen molar-refractivity contribution in [3.05, 3.63) is 35.4 Å². The van der Waals surface area contributed by atoms with Crippen LogP contribution in [0.15, 0.2) is 24.3 Å². The highest BCUT2D eigenvalue weighted by molar-refractivity contribution is 5.79. The van der Waals surface area contributed by atoms with Gasteiger partial charge in [-0.3, -0.25) is 19.3 Å². The van der Waals surface area contributed by atoms with Gasteiger partial charge in [-0.1, -0.05) is 29.8 Å². The third-order valence-corrected chi connectivity index (χ3v) is 3.64. The van der Waals surface area contributed by atoms with Crippen molar-refractivity contribution in [2.45, 2.75) is 33.4 Å². The van der Waals surface area contributed by atoms with Crippen LogP contribution in [-0.2, 0) is 20.9 Å². The van der Waals surface area contributed by atoms with Gasteiger partial charge in [-0.05, 0) is 19.4 Å². The number of hydrogen-bond acceptors (Lipinski definition) is 4. The molecule has 132 valence electrons. The number of rotatable bonds is 9. The first-order valence-electron chi connectivity index (χ1n) is 7.83. The van der Waals surface area contributed by atoms with Crippen molar-refractivity contribution in [2.24, 2.45) is 0 Å². The molecule has 0 aromatic heterocycles. The van der Waals surface area contributed by atoms with Crippen LogP contribution in [0, 0.1) is 6.92 Å². The minimum atomic E-state index is -1.01. The fraction of sp³-hybridized carbons (Fsp3) is 0.471. The van der Waals surface area contributed by atoms with Crippen molar-refractivity contribution in [2.75, 3.05) is 19.6 Å². The summed E-state index contributed by atoms with van der Waals surface area (Å²) < 4.78 is 0. The molecule has 24 heavy (non-hydrogen) atoms. The largest absolute Gasteiger partial charge is 0.480 e. The minimum Gasteiger partial charge on any atom is -0.480 e. The first kappa shape index (κ1) is 19.6. The van der Waals surface area contributed by atoms with E-state index in [9.17, 15) is 14.4 Å². The van der Waals surface area contributed by atoms with Gasteiger partial charge in [-0.2, -0.15) is 0 Å². The van der Waals surface area contributed by atoms with Crippen molar-refractivity contribution in [1.29, 1.82) is 0 Å². The molecule has 1 atom stereocenters. The van der Waals surface area contributed by atoms with Crippen LogP contribution in [0.25, 0.3) is 0 Å². The maximum atomic E-state index is 12.1. The van der Waals surface area contributed by atoms with Crippen LogP contribution in [0.1, 0.15) is 25.0 Å². The summed E-state index contributed by atoms with van der Waals surface area (Å²) in [6.07, 6.45) is 0. The van der Waals surface area contributed by atoms with Gasteiger partial charge in [0.25, 0.3) is 0 Å². The van der Waals surface area contributed by atoms with Gasteiger partial charge in [0.1, 0.15) is 6.04 Å². The van der Waals surface area contributed by atoms with E-state index < -0.39 is 12.0 Å². The molecule has 0 saturated carbocycles. The Labute approximate surface area is 142 Å². The lowest BCUT2D eigenvalue weighted by Gasteiger charge is -2.25. The van der Waals surface area contributed by atoms with Gasteiger partial charge in [0.2, 0.25) is 11.8 Å². The maximum Gasteiger partial charge on any atom is 0.320 e. The highest BCUT2D eigenvalue weighted by atomic mass is 16.4. The quantitative estimate of drug-likeness (QED) is 0.611. The van der Waals surface area contributed by atoms with Crippen LogP contribution in [0.2, 0.25) is 0 Å². The molecule has 1 unspecified atom stereocenters. The summed E-state index contributed by atoms with van der Waals surface area (Å²) in [7, 11) is 0. The van der Waals surface area contributed by atoms with E-state index in [0.29, 0.717) is 6.54 Å².